The van der Waals surface area contributed by atoms with Crippen LogP contribution in [0.1, 0.15) is 25.0 Å². The van der Waals surface area contributed by atoms with Crippen LogP contribution in [0.25, 0.3) is 0 Å². The zero-order valence-electron chi connectivity index (χ0n) is 12.8. The molecule has 1 aliphatic carbocycles. The number of rotatable bonds is 4. The van der Waals surface area contributed by atoms with Crippen LogP contribution < -0.4 is 0 Å². The number of benzene rings is 1. The van der Waals surface area contributed by atoms with Gasteiger partial charge < -0.3 is 4.74 Å². The van der Waals surface area contributed by atoms with Crippen LogP contribution in [0.2, 0.25) is 0 Å². The first-order valence-corrected chi connectivity index (χ1v) is 6.93. The molecule has 0 amide bonds. The summed E-state index contributed by atoms with van der Waals surface area (Å²) < 4.78 is 71.7. The Labute approximate surface area is 135 Å². The van der Waals surface area contributed by atoms with Crippen LogP contribution in [-0.4, -0.2) is 5.97 Å². The molecular weight excluding hydrogens is 331 g/mol. The fraction of sp³-hybridized carbons (Fsp3) is 0.353. The topological polar surface area (TPSA) is 26.3 Å². The molecule has 0 spiro atoms. The highest BCUT2D eigenvalue weighted by Gasteiger charge is 2.61. The van der Waals surface area contributed by atoms with Gasteiger partial charge in [-0.15, -0.1) is 6.42 Å². The number of ether oxygens (including phenoxy) is 1. The van der Waals surface area contributed by atoms with E-state index in [0.717, 1.165) is 0 Å². The average Bonchev–Trinajstić information content (AvgIpc) is 3.07. The van der Waals surface area contributed by atoms with Crippen molar-refractivity contribution in [3.8, 4) is 12.3 Å². The van der Waals surface area contributed by atoms with Crippen LogP contribution in [0.5, 0.6) is 0 Å². The molecule has 2 rings (SSSR count). The zero-order chi connectivity index (χ0) is 18.2. The monoisotopic (exact) mass is 344 g/mol. The maximum Gasteiger partial charge on any atom is 0.310 e. The van der Waals surface area contributed by atoms with Crippen LogP contribution in [0.3, 0.4) is 0 Å². The lowest BCUT2D eigenvalue weighted by atomic mass is 10.1. The second-order valence-corrected chi connectivity index (χ2v) is 6.00. The lowest BCUT2D eigenvalue weighted by molar-refractivity contribution is -0.147. The minimum atomic E-state index is -1.73. The summed E-state index contributed by atoms with van der Waals surface area (Å²) in [5.74, 6) is -7.36. The number of hydrogen-bond acceptors (Lipinski definition) is 2. The number of carbonyl (C=O) groups excluding carboxylic acids is 1. The maximum atomic E-state index is 13.8. The van der Waals surface area contributed by atoms with Gasteiger partial charge in [-0.3, -0.25) is 4.79 Å². The molecule has 0 bridgehead atoms. The second-order valence-electron chi connectivity index (χ2n) is 6.00. The number of allylic oxidation sites excluding steroid dienone is 1. The summed E-state index contributed by atoms with van der Waals surface area (Å²) >= 11 is 0. The van der Waals surface area contributed by atoms with E-state index < -0.39 is 64.2 Å². The SMILES string of the molecule is C#Cc1c(F)c(F)c(COC(=O)[C@@H]2[C@@H](C=CF)C2(C)C)c(F)c1F. The zero-order valence-corrected chi connectivity index (χ0v) is 12.8. The van der Waals surface area contributed by atoms with Gasteiger partial charge in [0.05, 0.1) is 17.8 Å². The highest BCUT2D eigenvalue weighted by molar-refractivity contribution is 5.78. The Morgan fingerprint density at radius 2 is 1.75 bits per heavy atom. The molecule has 1 aliphatic rings. The fourth-order valence-electron chi connectivity index (χ4n) is 2.73. The molecule has 24 heavy (non-hydrogen) atoms. The van der Waals surface area contributed by atoms with Crippen molar-refractivity contribution < 1.29 is 31.5 Å². The average molecular weight is 344 g/mol. The third-order valence-corrected chi connectivity index (χ3v) is 4.30. The van der Waals surface area contributed by atoms with Crippen molar-refractivity contribution in [2.45, 2.75) is 20.5 Å². The summed E-state index contributed by atoms with van der Waals surface area (Å²) in [6.07, 6.45) is 6.27. The van der Waals surface area contributed by atoms with Crippen molar-refractivity contribution in [2.75, 3.05) is 0 Å². The highest BCUT2D eigenvalue weighted by atomic mass is 19.2. The first-order chi connectivity index (χ1) is 11.2. The van der Waals surface area contributed by atoms with Gasteiger partial charge in [-0.25, -0.2) is 22.0 Å². The normalized spacial score (nSPS) is 21.6. The Hall–Kier alpha value is -2.36. The summed E-state index contributed by atoms with van der Waals surface area (Å²) in [7, 11) is 0. The van der Waals surface area contributed by atoms with Crippen molar-refractivity contribution in [1.82, 2.24) is 0 Å². The minimum Gasteiger partial charge on any atom is -0.460 e. The van der Waals surface area contributed by atoms with Crippen molar-refractivity contribution in [3.05, 3.63) is 46.8 Å². The van der Waals surface area contributed by atoms with Crippen molar-refractivity contribution in [3.63, 3.8) is 0 Å². The molecule has 1 aromatic rings. The summed E-state index contributed by atoms with van der Waals surface area (Å²) in [6, 6.07) is 0. The molecular formula is C17H13F5O2. The Balaban J connectivity index is 2.20. The van der Waals surface area contributed by atoms with Gasteiger partial charge >= 0.3 is 5.97 Å². The van der Waals surface area contributed by atoms with Gasteiger partial charge in [-0.1, -0.05) is 25.8 Å². The molecule has 0 saturated heterocycles. The number of esters is 1. The van der Waals surface area contributed by atoms with Gasteiger partial charge in [0.1, 0.15) is 12.2 Å². The third kappa shape index (κ3) is 2.77. The van der Waals surface area contributed by atoms with E-state index in [0.29, 0.717) is 6.33 Å². The van der Waals surface area contributed by atoms with Gasteiger partial charge in [-0.05, 0) is 11.3 Å². The van der Waals surface area contributed by atoms with E-state index in [-0.39, 0.29) is 0 Å². The number of carbonyl (C=O) groups is 1. The van der Waals surface area contributed by atoms with Crippen molar-refractivity contribution in [1.29, 1.82) is 0 Å². The van der Waals surface area contributed by atoms with Crippen LogP contribution in [0.15, 0.2) is 12.4 Å². The van der Waals surface area contributed by atoms with Gasteiger partial charge in [0.25, 0.3) is 0 Å². The number of hydrogen-bond donors (Lipinski definition) is 0. The van der Waals surface area contributed by atoms with Gasteiger partial charge in [0, 0.05) is 0 Å². The van der Waals surface area contributed by atoms with Crippen LogP contribution >= 0.6 is 0 Å². The van der Waals surface area contributed by atoms with E-state index in [1.54, 1.807) is 13.8 Å². The van der Waals surface area contributed by atoms with E-state index in [1.165, 1.54) is 12.0 Å². The van der Waals surface area contributed by atoms with E-state index in [1.807, 2.05) is 0 Å². The molecule has 128 valence electrons. The van der Waals surface area contributed by atoms with Crippen molar-refractivity contribution in [2.24, 2.45) is 17.3 Å². The minimum absolute atomic E-state index is 0.294. The predicted molar refractivity (Wildman–Crippen MR) is 75.0 cm³/mol. The molecule has 2 nitrogen and oxygen atoms in total. The van der Waals surface area contributed by atoms with Gasteiger partial charge in [-0.2, -0.15) is 0 Å². The Morgan fingerprint density at radius 1 is 1.21 bits per heavy atom. The van der Waals surface area contributed by atoms with Crippen LogP contribution in [-0.2, 0) is 16.1 Å². The summed E-state index contributed by atoms with van der Waals surface area (Å²) in [6.45, 7) is 2.37. The number of terminal acetylenes is 1. The van der Waals surface area contributed by atoms with Crippen LogP contribution in [0, 0.1) is 52.9 Å². The van der Waals surface area contributed by atoms with E-state index >= 15 is 0 Å². The molecule has 0 aromatic heterocycles. The quantitative estimate of drug-likeness (QED) is 0.357. The molecule has 0 aliphatic heterocycles. The van der Waals surface area contributed by atoms with E-state index in [2.05, 4.69) is 0 Å². The fourth-order valence-corrected chi connectivity index (χ4v) is 2.73. The smallest absolute Gasteiger partial charge is 0.310 e. The molecule has 0 radical (unpaired) electrons. The molecule has 0 N–H and O–H groups in total. The molecule has 1 aromatic carbocycles. The highest BCUT2D eigenvalue weighted by Crippen LogP contribution is 2.59. The lowest BCUT2D eigenvalue weighted by Gasteiger charge is -2.10. The Morgan fingerprint density at radius 3 is 2.21 bits per heavy atom. The predicted octanol–water partition coefficient (Wildman–Crippen LogP) is 4.02. The Bertz CT molecular complexity index is 732. The number of halogens is 5. The molecule has 7 heteroatoms. The third-order valence-electron chi connectivity index (χ3n) is 4.30. The van der Waals surface area contributed by atoms with Gasteiger partial charge in [0.15, 0.2) is 23.3 Å². The first kappa shape index (κ1) is 18.0. The van der Waals surface area contributed by atoms with E-state index in [4.69, 9.17) is 11.2 Å². The molecule has 0 unspecified atom stereocenters. The largest absolute Gasteiger partial charge is 0.460 e. The lowest BCUT2D eigenvalue weighted by Crippen LogP contribution is -2.14. The summed E-state index contributed by atoms with van der Waals surface area (Å²) in [4.78, 5) is 12.0. The van der Waals surface area contributed by atoms with Gasteiger partial charge in [0.2, 0.25) is 0 Å². The summed E-state index contributed by atoms with van der Waals surface area (Å²) in [5.41, 5.74) is -2.83. The molecule has 1 fully saturated rings. The molecule has 1 saturated carbocycles. The Kier molecular flexibility index (Phi) is 4.70. The summed E-state index contributed by atoms with van der Waals surface area (Å²) in [5, 5.41) is 0. The first-order valence-electron chi connectivity index (χ1n) is 6.93. The van der Waals surface area contributed by atoms with E-state index in [9.17, 15) is 26.7 Å². The molecule has 0 heterocycles. The second kappa shape index (κ2) is 6.27. The maximum absolute atomic E-state index is 13.8. The van der Waals surface area contributed by atoms with Crippen LogP contribution in [0.4, 0.5) is 22.0 Å². The molecule has 2 atom stereocenters. The standard InChI is InChI=1S/C17H13F5O2/c1-4-8-12(19)14(21)9(15(22)13(8)20)7-24-16(23)11-10(5-6-18)17(11,2)3/h1,5-6,10-11H,7H2,2-3H3/t10-,11+/m1/s1. The van der Waals surface area contributed by atoms with Crippen molar-refractivity contribution >= 4 is 5.97 Å².